The maximum absolute atomic E-state index is 12.7. The highest BCUT2D eigenvalue weighted by Gasteiger charge is 2.26. The lowest BCUT2D eigenvalue weighted by molar-refractivity contribution is 0.0954. The van der Waals surface area contributed by atoms with Crippen LogP contribution in [0.1, 0.15) is 30.1 Å². The van der Waals surface area contributed by atoms with Gasteiger partial charge in [-0.2, -0.15) is 0 Å². The Kier molecular flexibility index (Phi) is 3.89. The molecule has 0 radical (unpaired) electrons. The van der Waals surface area contributed by atoms with E-state index in [1.54, 1.807) is 0 Å². The number of aromatic nitrogens is 1. The lowest BCUT2D eigenvalue weighted by atomic mass is 10.0. The standard InChI is InChI=1S/C15H16BrClN2O/c1-2-19-8-10(15(20)13-4-3-5-18-13)9-6-12(17)11(16)7-14(9)19/h6-8,13,18H,2-5H2,1H3. The number of carbonyl (C=O) groups is 1. The van der Waals surface area contributed by atoms with Gasteiger partial charge in [-0.3, -0.25) is 4.79 Å². The van der Waals surface area contributed by atoms with Gasteiger partial charge in [0.2, 0.25) is 0 Å². The minimum Gasteiger partial charge on any atom is -0.347 e. The minimum atomic E-state index is -0.0478. The molecule has 0 bridgehead atoms. The molecule has 0 spiro atoms. The highest BCUT2D eigenvalue weighted by atomic mass is 79.9. The minimum absolute atomic E-state index is 0.0478. The van der Waals surface area contributed by atoms with Crippen LogP contribution in [0.5, 0.6) is 0 Å². The Morgan fingerprint density at radius 1 is 1.55 bits per heavy atom. The van der Waals surface area contributed by atoms with Gasteiger partial charge >= 0.3 is 0 Å². The summed E-state index contributed by atoms with van der Waals surface area (Å²) in [6, 6.07) is 3.82. The van der Waals surface area contributed by atoms with Crippen LogP contribution < -0.4 is 5.32 Å². The molecule has 0 saturated carbocycles. The summed E-state index contributed by atoms with van der Waals surface area (Å²) in [7, 11) is 0. The largest absolute Gasteiger partial charge is 0.347 e. The van der Waals surface area contributed by atoms with Gasteiger partial charge in [-0.15, -0.1) is 0 Å². The number of hydrogen-bond acceptors (Lipinski definition) is 2. The molecule has 0 amide bonds. The van der Waals surface area contributed by atoms with Crippen molar-refractivity contribution in [1.29, 1.82) is 0 Å². The van der Waals surface area contributed by atoms with Crippen molar-refractivity contribution in [3.63, 3.8) is 0 Å². The SMILES string of the molecule is CCn1cc(C(=O)C2CCCN2)c2cc(Cl)c(Br)cc21. The summed E-state index contributed by atoms with van der Waals surface area (Å²) in [6.45, 7) is 3.83. The molecule has 1 aromatic carbocycles. The molecular formula is C15H16BrClN2O. The van der Waals surface area contributed by atoms with Crippen LogP contribution in [0.4, 0.5) is 0 Å². The van der Waals surface area contributed by atoms with Crippen LogP contribution in [0.2, 0.25) is 5.02 Å². The number of ketones is 1. The third-order valence-corrected chi connectivity index (χ3v) is 5.10. The van der Waals surface area contributed by atoms with Gasteiger partial charge in [-0.25, -0.2) is 0 Å². The van der Waals surface area contributed by atoms with Gasteiger partial charge in [0, 0.05) is 33.7 Å². The van der Waals surface area contributed by atoms with Gasteiger partial charge in [0.25, 0.3) is 0 Å². The van der Waals surface area contributed by atoms with Crippen molar-refractivity contribution in [2.75, 3.05) is 6.54 Å². The predicted octanol–water partition coefficient (Wildman–Crippen LogP) is 4.01. The Balaban J connectivity index is 2.15. The second kappa shape index (κ2) is 5.51. The van der Waals surface area contributed by atoms with Crippen LogP contribution >= 0.6 is 27.5 Å². The quantitative estimate of drug-likeness (QED) is 0.844. The molecule has 5 heteroatoms. The van der Waals surface area contributed by atoms with Crippen LogP contribution in [-0.2, 0) is 6.54 Å². The average Bonchev–Trinajstić information content (AvgIpc) is 3.06. The number of nitrogens with zero attached hydrogens (tertiary/aromatic N) is 1. The summed E-state index contributed by atoms with van der Waals surface area (Å²) < 4.78 is 2.95. The second-order valence-electron chi connectivity index (χ2n) is 5.13. The molecule has 1 aromatic heterocycles. The van der Waals surface area contributed by atoms with Gasteiger partial charge in [0.05, 0.1) is 11.1 Å². The Hall–Kier alpha value is -0.840. The number of benzene rings is 1. The first-order valence-electron chi connectivity index (χ1n) is 6.87. The van der Waals surface area contributed by atoms with Gasteiger partial charge in [-0.1, -0.05) is 11.6 Å². The summed E-state index contributed by atoms with van der Waals surface area (Å²) in [6.07, 6.45) is 3.94. The van der Waals surface area contributed by atoms with E-state index in [1.807, 2.05) is 18.3 Å². The normalized spacial score (nSPS) is 18.9. The fourth-order valence-electron chi connectivity index (χ4n) is 2.84. The van der Waals surface area contributed by atoms with Gasteiger partial charge in [0.1, 0.15) is 0 Å². The zero-order chi connectivity index (χ0) is 14.3. The van der Waals surface area contributed by atoms with E-state index in [0.29, 0.717) is 5.02 Å². The molecule has 106 valence electrons. The van der Waals surface area contributed by atoms with Crippen molar-refractivity contribution in [3.05, 3.63) is 33.4 Å². The Morgan fingerprint density at radius 3 is 3.00 bits per heavy atom. The summed E-state index contributed by atoms with van der Waals surface area (Å²) in [4.78, 5) is 12.7. The number of aryl methyl sites for hydroxylation is 1. The number of halogens is 2. The van der Waals surface area contributed by atoms with Crippen molar-refractivity contribution in [3.8, 4) is 0 Å². The molecule has 2 aromatic rings. The summed E-state index contributed by atoms with van der Waals surface area (Å²) in [5.41, 5.74) is 1.82. The van der Waals surface area contributed by atoms with Crippen LogP contribution in [0.15, 0.2) is 22.8 Å². The molecule has 20 heavy (non-hydrogen) atoms. The lowest BCUT2D eigenvalue weighted by Gasteiger charge is -2.07. The maximum atomic E-state index is 12.7. The average molecular weight is 356 g/mol. The van der Waals surface area contributed by atoms with Crippen molar-refractivity contribution < 1.29 is 4.79 Å². The zero-order valence-corrected chi connectivity index (χ0v) is 13.6. The van der Waals surface area contributed by atoms with Crippen molar-refractivity contribution in [2.24, 2.45) is 0 Å². The number of Topliss-reactive ketones (excluding diaryl/α,β-unsaturated/α-hetero) is 1. The predicted molar refractivity (Wildman–Crippen MR) is 85.7 cm³/mol. The van der Waals surface area contributed by atoms with Gasteiger partial charge in [-0.05, 0) is 54.4 Å². The smallest absolute Gasteiger partial charge is 0.181 e. The van der Waals surface area contributed by atoms with E-state index >= 15 is 0 Å². The number of nitrogens with one attached hydrogen (secondary N) is 1. The fraction of sp³-hybridized carbons (Fsp3) is 0.400. The van der Waals surface area contributed by atoms with E-state index in [2.05, 4.69) is 32.7 Å². The van der Waals surface area contributed by atoms with E-state index in [-0.39, 0.29) is 11.8 Å². The molecule has 1 saturated heterocycles. The maximum Gasteiger partial charge on any atom is 0.181 e. The second-order valence-corrected chi connectivity index (χ2v) is 6.39. The Morgan fingerprint density at radius 2 is 2.35 bits per heavy atom. The topological polar surface area (TPSA) is 34.0 Å². The first kappa shape index (κ1) is 14.1. The fourth-order valence-corrected chi connectivity index (χ4v) is 3.33. The molecule has 1 N–H and O–H groups in total. The first-order chi connectivity index (χ1) is 9.61. The van der Waals surface area contributed by atoms with Crippen LogP contribution in [-0.4, -0.2) is 22.9 Å². The number of rotatable bonds is 3. The highest BCUT2D eigenvalue weighted by molar-refractivity contribution is 9.10. The third kappa shape index (κ3) is 2.30. The van der Waals surface area contributed by atoms with E-state index in [0.717, 1.165) is 46.9 Å². The molecule has 0 aliphatic carbocycles. The summed E-state index contributed by atoms with van der Waals surface area (Å²) in [5, 5.41) is 4.85. The van der Waals surface area contributed by atoms with Gasteiger partial charge in [0.15, 0.2) is 5.78 Å². The number of fused-ring (bicyclic) bond motifs is 1. The molecule has 1 fully saturated rings. The molecule has 1 unspecified atom stereocenters. The molecule has 1 aliphatic rings. The van der Waals surface area contributed by atoms with Crippen LogP contribution in [0, 0.1) is 0 Å². The monoisotopic (exact) mass is 354 g/mol. The Bertz CT molecular complexity index is 674. The molecule has 1 atom stereocenters. The Labute approximate surface area is 131 Å². The lowest BCUT2D eigenvalue weighted by Crippen LogP contribution is -2.30. The van der Waals surface area contributed by atoms with Crippen molar-refractivity contribution >= 4 is 44.2 Å². The highest BCUT2D eigenvalue weighted by Crippen LogP contribution is 2.32. The number of carbonyl (C=O) groups excluding carboxylic acids is 1. The van der Waals surface area contributed by atoms with E-state index < -0.39 is 0 Å². The zero-order valence-electron chi connectivity index (χ0n) is 11.2. The van der Waals surface area contributed by atoms with E-state index in [1.165, 1.54) is 0 Å². The van der Waals surface area contributed by atoms with Crippen LogP contribution in [0.3, 0.4) is 0 Å². The van der Waals surface area contributed by atoms with Crippen molar-refractivity contribution in [1.82, 2.24) is 9.88 Å². The van der Waals surface area contributed by atoms with Crippen LogP contribution in [0.25, 0.3) is 10.9 Å². The molecule has 1 aliphatic heterocycles. The number of hydrogen-bond donors (Lipinski definition) is 1. The molecular weight excluding hydrogens is 340 g/mol. The molecule has 2 heterocycles. The van der Waals surface area contributed by atoms with Crippen molar-refractivity contribution in [2.45, 2.75) is 32.4 Å². The third-order valence-electron chi connectivity index (χ3n) is 3.91. The van der Waals surface area contributed by atoms with E-state index in [9.17, 15) is 4.79 Å². The molecule has 3 rings (SSSR count). The summed E-state index contributed by atoms with van der Waals surface area (Å²) in [5.74, 6) is 0.179. The molecule has 3 nitrogen and oxygen atoms in total. The van der Waals surface area contributed by atoms with E-state index in [4.69, 9.17) is 11.6 Å². The summed E-state index contributed by atoms with van der Waals surface area (Å²) >= 11 is 9.64. The first-order valence-corrected chi connectivity index (χ1v) is 8.04. The van der Waals surface area contributed by atoms with Gasteiger partial charge < -0.3 is 9.88 Å².